The molecule has 0 radical (unpaired) electrons. The molecule has 1 heterocycles. The standard InChI is InChI=1S/C17H28N2O/c1-4-17(3)14-19(11-8-12-20-5-2)16-10-7-6-9-15(16)13-18-17/h6-7,9-10,18H,4-5,8,11-14H2,1-3H3. The Morgan fingerprint density at radius 2 is 2.10 bits per heavy atom. The molecule has 1 aromatic rings. The lowest BCUT2D eigenvalue weighted by molar-refractivity contribution is 0.145. The molecular formula is C17H28N2O. The average molecular weight is 276 g/mol. The summed E-state index contributed by atoms with van der Waals surface area (Å²) in [6, 6.07) is 8.76. The highest BCUT2D eigenvalue weighted by atomic mass is 16.5. The fourth-order valence-corrected chi connectivity index (χ4v) is 2.78. The monoisotopic (exact) mass is 276 g/mol. The molecule has 0 fully saturated rings. The highest BCUT2D eigenvalue weighted by Gasteiger charge is 2.28. The van der Waals surface area contributed by atoms with Gasteiger partial charge in [0, 0.05) is 44.1 Å². The third-order valence-electron chi connectivity index (χ3n) is 4.28. The van der Waals surface area contributed by atoms with Crippen LogP contribution in [-0.4, -0.2) is 31.8 Å². The Morgan fingerprint density at radius 3 is 2.85 bits per heavy atom. The molecule has 1 N–H and O–H groups in total. The van der Waals surface area contributed by atoms with Gasteiger partial charge in [0.1, 0.15) is 0 Å². The van der Waals surface area contributed by atoms with E-state index in [9.17, 15) is 0 Å². The first kappa shape index (κ1) is 15.3. The van der Waals surface area contributed by atoms with Crippen LogP contribution in [0.5, 0.6) is 0 Å². The Bertz CT molecular complexity index is 421. The lowest BCUT2D eigenvalue weighted by Crippen LogP contribution is -2.49. The Kier molecular flexibility index (Phi) is 5.44. The van der Waals surface area contributed by atoms with Gasteiger partial charge in [-0.1, -0.05) is 25.1 Å². The van der Waals surface area contributed by atoms with Crippen LogP contribution < -0.4 is 10.2 Å². The summed E-state index contributed by atoms with van der Waals surface area (Å²) in [5.41, 5.74) is 2.97. The molecule has 20 heavy (non-hydrogen) atoms. The van der Waals surface area contributed by atoms with Crippen LogP contribution in [0.25, 0.3) is 0 Å². The molecule has 1 aliphatic heterocycles. The Labute approximate surface area is 123 Å². The van der Waals surface area contributed by atoms with E-state index in [0.29, 0.717) is 0 Å². The number of ether oxygens (including phenoxy) is 1. The van der Waals surface area contributed by atoms with E-state index in [4.69, 9.17) is 4.74 Å². The predicted octanol–water partition coefficient (Wildman–Crippen LogP) is 3.19. The van der Waals surface area contributed by atoms with E-state index < -0.39 is 0 Å². The van der Waals surface area contributed by atoms with Gasteiger partial charge in [0.15, 0.2) is 0 Å². The first-order valence-corrected chi connectivity index (χ1v) is 7.84. The second-order valence-electron chi connectivity index (χ2n) is 5.87. The summed E-state index contributed by atoms with van der Waals surface area (Å²) in [6.07, 6.45) is 2.23. The lowest BCUT2D eigenvalue weighted by atomic mass is 9.98. The first-order chi connectivity index (χ1) is 9.68. The van der Waals surface area contributed by atoms with Gasteiger partial charge in [0.2, 0.25) is 0 Å². The normalized spacial score (nSPS) is 22.4. The van der Waals surface area contributed by atoms with Gasteiger partial charge < -0.3 is 15.0 Å². The van der Waals surface area contributed by atoms with Crippen LogP contribution >= 0.6 is 0 Å². The van der Waals surface area contributed by atoms with Gasteiger partial charge in [0.05, 0.1) is 0 Å². The van der Waals surface area contributed by atoms with E-state index in [0.717, 1.165) is 45.7 Å². The van der Waals surface area contributed by atoms with Crippen LogP contribution in [0.4, 0.5) is 5.69 Å². The second-order valence-corrected chi connectivity index (χ2v) is 5.87. The third kappa shape index (κ3) is 3.74. The number of nitrogens with zero attached hydrogens (tertiary/aromatic N) is 1. The van der Waals surface area contributed by atoms with Gasteiger partial charge >= 0.3 is 0 Å². The molecule has 1 unspecified atom stereocenters. The summed E-state index contributed by atoms with van der Waals surface area (Å²) < 4.78 is 5.48. The van der Waals surface area contributed by atoms with Gasteiger partial charge in [-0.05, 0) is 38.3 Å². The molecule has 0 bridgehead atoms. The predicted molar refractivity (Wildman–Crippen MR) is 85.3 cm³/mol. The molecule has 3 heteroatoms. The van der Waals surface area contributed by atoms with Gasteiger partial charge in [0.25, 0.3) is 0 Å². The molecule has 1 aliphatic rings. The van der Waals surface area contributed by atoms with Crippen molar-refractivity contribution in [3.8, 4) is 0 Å². The van der Waals surface area contributed by atoms with E-state index in [1.807, 2.05) is 0 Å². The van der Waals surface area contributed by atoms with E-state index in [1.54, 1.807) is 0 Å². The number of benzene rings is 1. The minimum atomic E-state index is 0.185. The van der Waals surface area contributed by atoms with Gasteiger partial charge in [-0.3, -0.25) is 0 Å². The van der Waals surface area contributed by atoms with Crippen molar-refractivity contribution in [2.24, 2.45) is 0 Å². The summed E-state index contributed by atoms with van der Waals surface area (Å²) in [5, 5.41) is 3.72. The molecule has 0 saturated heterocycles. The van der Waals surface area contributed by atoms with Crippen LogP contribution in [-0.2, 0) is 11.3 Å². The molecule has 3 nitrogen and oxygen atoms in total. The molecule has 0 aromatic heterocycles. The Balaban J connectivity index is 2.11. The average Bonchev–Trinajstić information content (AvgIpc) is 2.62. The molecule has 0 aliphatic carbocycles. The summed E-state index contributed by atoms with van der Waals surface area (Å²) >= 11 is 0. The highest BCUT2D eigenvalue weighted by Crippen LogP contribution is 2.27. The van der Waals surface area contributed by atoms with Crippen molar-refractivity contribution in [3.63, 3.8) is 0 Å². The molecule has 0 amide bonds. The highest BCUT2D eigenvalue weighted by molar-refractivity contribution is 5.55. The van der Waals surface area contributed by atoms with Gasteiger partial charge in [-0.25, -0.2) is 0 Å². The molecule has 0 spiro atoms. The summed E-state index contributed by atoms with van der Waals surface area (Å²) in [5.74, 6) is 0. The third-order valence-corrected chi connectivity index (χ3v) is 4.28. The number of hydrogen-bond acceptors (Lipinski definition) is 3. The van der Waals surface area contributed by atoms with Crippen LogP contribution in [0.3, 0.4) is 0 Å². The summed E-state index contributed by atoms with van der Waals surface area (Å²) in [6.45, 7) is 11.4. The molecule has 1 atom stereocenters. The molecule has 112 valence electrons. The van der Waals surface area contributed by atoms with Crippen molar-refractivity contribution in [3.05, 3.63) is 29.8 Å². The van der Waals surface area contributed by atoms with Crippen LogP contribution in [0.15, 0.2) is 24.3 Å². The van der Waals surface area contributed by atoms with Crippen LogP contribution in [0.1, 0.15) is 39.2 Å². The van der Waals surface area contributed by atoms with Crippen molar-refractivity contribution in [2.75, 3.05) is 31.2 Å². The van der Waals surface area contributed by atoms with Gasteiger partial charge in [-0.15, -0.1) is 0 Å². The molecular weight excluding hydrogens is 248 g/mol. The van der Waals surface area contributed by atoms with Crippen molar-refractivity contribution >= 4 is 5.69 Å². The molecule has 1 aromatic carbocycles. The summed E-state index contributed by atoms with van der Waals surface area (Å²) in [7, 11) is 0. The topological polar surface area (TPSA) is 24.5 Å². The minimum Gasteiger partial charge on any atom is -0.382 e. The number of anilines is 1. The van der Waals surface area contributed by atoms with Crippen molar-refractivity contribution in [2.45, 2.75) is 45.7 Å². The molecule has 0 saturated carbocycles. The van der Waals surface area contributed by atoms with Crippen LogP contribution in [0.2, 0.25) is 0 Å². The van der Waals surface area contributed by atoms with E-state index >= 15 is 0 Å². The lowest BCUT2D eigenvalue weighted by Gasteiger charge is -2.34. The van der Waals surface area contributed by atoms with E-state index in [2.05, 4.69) is 55.3 Å². The molecule has 2 rings (SSSR count). The van der Waals surface area contributed by atoms with E-state index in [1.165, 1.54) is 11.3 Å². The fraction of sp³-hybridized carbons (Fsp3) is 0.647. The van der Waals surface area contributed by atoms with Crippen LogP contribution in [0, 0.1) is 0 Å². The second kappa shape index (κ2) is 7.09. The quantitative estimate of drug-likeness (QED) is 0.808. The van der Waals surface area contributed by atoms with Crippen molar-refractivity contribution < 1.29 is 4.74 Å². The zero-order valence-electron chi connectivity index (χ0n) is 13.1. The maximum atomic E-state index is 5.48. The minimum absolute atomic E-state index is 0.185. The van der Waals surface area contributed by atoms with Gasteiger partial charge in [-0.2, -0.15) is 0 Å². The maximum Gasteiger partial charge on any atom is 0.0482 e. The Hall–Kier alpha value is -1.06. The largest absolute Gasteiger partial charge is 0.382 e. The maximum absolute atomic E-state index is 5.48. The summed E-state index contributed by atoms with van der Waals surface area (Å²) in [4.78, 5) is 2.53. The number of para-hydroxylation sites is 1. The zero-order valence-corrected chi connectivity index (χ0v) is 13.1. The fourth-order valence-electron chi connectivity index (χ4n) is 2.78. The van der Waals surface area contributed by atoms with E-state index in [-0.39, 0.29) is 5.54 Å². The Morgan fingerprint density at radius 1 is 1.30 bits per heavy atom. The van der Waals surface area contributed by atoms with Crippen molar-refractivity contribution in [1.82, 2.24) is 5.32 Å². The number of fused-ring (bicyclic) bond motifs is 1. The smallest absolute Gasteiger partial charge is 0.0482 e. The number of rotatable bonds is 6. The van der Waals surface area contributed by atoms with Crippen molar-refractivity contribution in [1.29, 1.82) is 0 Å². The number of nitrogens with one attached hydrogen (secondary N) is 1. The number of hydrogen-bond donors (Lipinski definition) is 1. The SMILES string of the molecule is CCOCCCN1CC(C)(CC)NCc2ccccc21. The zero-order chi connectivity index (χ0) is 14.4. The first-order valence-electron chi connectivity index (χ1n) is 7.84.